The van der Waals surface area contributed by atoms with E-state index in [1.165, 1.54) is 4.90 Å². The van der Waals surface area contributed by atoms with Gasteiger partial charge in [0, 0.05) is 15.4 Å². The lowest BCUT2D eigenvalue weighted by Gasteiger charge is -2.15. The third-order valence-electron chi connectivity index (χ3n) is 5.72. The molecule has 1 aliphatic rings. The van der Waals surface area contributed by atoms with Gasteiger partial charge < -0.3 is 10.1 Å². The summed E-state index contributed by atoms with van der Waals surface area (Å²) in [6, 6.07) is 32.4. The first kappa shape index (κ1) is 21.9. The number of carbonyl (C=O) groups is 1. The fourth-order valence-electron chi connectivity index (χ4n) is 3.99. The molecule has 5 aromatic rings. The number of nitrogens with one attached hydrogen (secondary N) is 1. The van der Waals surface area contributed by atoms with E-state index in [0.717, 1.165) is 32.0 Å². The number of hydrogen-bond acceptors (Lipinski definition) is 5. The zero-order valence-electron chi connectivity index (χ0n) is 19.0. The SMILES string of the molecule is O=C1C(=Cc2ccc(O)cc2)N=C(c2ccccc2)N1c1nc2ccc(Sc3ccccc3)cc2[nH]1. The highest BCUT2D eigenvalue weighted by molar-refractivity contribution is 7.99. The summed E-state index contributed by atoms with van der Waals surface area (Å²) in [6.07, 6.45) is 1.71. The van der Waals surface area contributed by atoms with Gasteiger partial charge in [0.2, 0.25) is 5.95 Å². The Morgan fingerprint density at radius 2 is 1.56 bits per heavy atom. The van der Waals surface area contributed by atoms with Crippen LogP contribution in [0.5, 0.6) is 5.75 Å². The van der Waals surface area contributed by atoms with Crippen molar-refractivity contribution in [3.63, 3.8) is 0 Å². The van der Waals surface area contributed by atoms with E-state index in [2.05, 4.69) is 22.1 Å². The van der Waals surface area contributed by atoms with E-state index in [1.807, 2.05) is 66.7 Å². The van der Waals surface area contributed by atoms with Gasteiger partial charge in [0.25, 0.3) is 5.91 Å². The molecule has 0 atom stereocenters. The molecule has 0 spiro atoms. The summed E-state index contributed by atoms with van der Waals surface area (Å²) in [5, 5.41) is 9.58. The second kappa shape index (κ2) is 9.20. The molecule has 0 saturated heterocycles. The molecule has 1 amide bonds. The molecule has 36 heavy (non-hydrogen) atoms. The number of amides is 1. The van der Waals surface area contributed by atoms with E-state index in [0.29, 0.717) is 17.5 Å². The van der Waals surface area contributed by atoms with E-state index in [-0.39, 0.29) is 11.7 Å². The van der Waals surface area contributed by atoms with E-state index in [9.17, 15) is 9.90 Å². The standard InChI is InChI=1S/C29H20N4O2S/c34-21-13-11-19(12-14-21)17-26-28(35)33(27(30-26)20-7-3-1-4-8-20)29-31-24-16-15-23(18-25(24)32-29)36-22-9-5-2-6-10-22/h1-18,34H,(H,31,32). The first-order chi connectivity index (χ1) is 17.6. The highest BCUT2D eigenvalue weighted by atomic mass is 32.2. The summed E-state index contributed by atoms with van der Waals surface area (Å²) in [5.74, 6) is 0.800. The second-order valence-electron chi connectivity index (χ2n) is 8.22. The van der Waals surface area contributed by atoms with Crippen LogP contribution in [0.2, 0.25) is 0 Å². The number of nitrogens with zero attached hydrogens (tertiary/aromatic N) is 3. The van der Waals surface area contributed by atoms with Crippen LogP contribution in [0, 0.1) is 0 Å². The molecule has 2 N–H and O–H groups in total. The predicted molar refractivity (Wildman–Crippen MR) is 143 cm³/mol. The molecule has 0 saturated carbocycles. The first-order valence-electron chi connectivity index (χ1n) is 11.4. The van der Waals surface area contributed by atoms with Crippen molar-refractivity contribution in [1.82, 2.24) is 9.97 Å². The molecule has 0 bridgehead atoms. The van der Waals surface area contributed by atoms with Gasteiger partial charge in [0.05, 0.1) is 11.0 Å². The van der Waals surface area contributed by atoms with Gasteiger partial charge in [-0.15, -0.1) is 0 Å². The zero-order chi connectivity index (χ0) is 24.5. The van der Waals surface area contributed by atoms with Crippen LogP contribution < -0.4 is 4.90 Å². The topological polar surface area (TPSA) is 81.6 Å². The molecule has 4 aromatic carbocycles. The van der Waals surface area contributed by atoms with Gasteiger partial charge >= 0.3 is 0 Å². The molecule has 174 valence electrons. The fraction of sp³-hybridized carbons (Fsp3) is 0. The molecule has 1 aromatic heterocycles. The Morgan fingerprint density at radius 3 is 2.31 bits per heavy atom. The van der Waals surface area contributed by atoms with Crippen LogP contribution in [0.1, 0.15) is 11.1 Å². The monoisotopic (exact) mass is 488 g/mol. The molecule has 0 unspecified atom stereocenters. The minimum atomic E-state index is -0.278. The maximum atomic E-state index is 13.6. The molecular formula is C29H20N4O2S. The van der Waals surface area contributed by atoms with Crippen LogP contribution in [0.4, 0.5) is 5.95 Å². The Bertz CT molecular complexity index is 1630. The molecule has 6 rings (SSSR count). The Labute approximate surface area is 211 Å². The third-order valence-corrected chi connectivity index (χ3v) is 6.72. The van der Waals surface area contributed by atoms with Gasteiger partial charge in [-0.3, -0.25) is 4.79 Å². The van der Waals surface area contributed by atoms with E-state index >= 15 is 0 Å². The second-order valence-corrected chi connectivity index (χ2v) is 9.36. The number of benzene rings is 4. The summed E-state index contributed by atoms with van der Waals surface area (Å²) in [6.45, 7) is 0. The van der Waals surface area contributed by atoms with Crippen LogP contribution in [0.15, 0.2) is 124 Å². The van der Waals surface area contributed by atoms with Crippen LogP contribution in [0.3, 0.4) is 0 Å². The Morgan fingerprint density at radius 1 is 0.833 bits per heavy atom. The predicted octanol–water partition coefficient (Wildman–Crippen LogP) is 6.25. The van der Waals surface area contributed by atoms with Crippen molar-refractivity contribution >= 4 is 46.6 Å². The average Bonchev–Trinajstić information content (AvgIpc) is 3.46. The molecular weight excluding hydrogens is 468 g/mol. The maximum Gasteiger partial charge on any atom is 0.285 e. The molecule has 7 heteroatoms. The number of hydrogen-bond donors (Lipinski definition) is 2. The highest BCUT2D eigenvalue weighted by Crippen LogP contribution is 2.32. The van der Waals surface area contributed by atoms with Gasteiger partial charge in [-0.1, -0.05) is 72.4 Å². The number of aromatic nitrogens is 2. The highest BCUT2D eigenvalue weighted by Gasteiger charge is 2.34. The molecule has 0 radical (unpaired) electrons. The summed E-state index contributed by atoms with van der Waals surface area (Å²) in [7, 11) is 0. The summed E-state index contributed by atoms with van der Waals surface area (Å²) >= 11 is 1.67. The van der Waals surface area contributed by atoms with Crippen molar-refractivity contribution in [2.45, 2.75) is 9.79 Å². The van der Waals surface area contributed by atoms with Gasteiger partial charge in [-0.25, -0.2) is 14.9 Å². The van der Waals surface area contributed by atoms with Gasteiger partial charge in [0.1, 0.15) is 11.4 Å². The molecule has 6 nitrogen and oxygen atoms in total. The number of carbonyl (C=O) groups excluding carboxylic acids is 1. The Balaban J connectivity index is 1.39. The lowest BCUT2D eigenvalue weighted by atomic mass is 10.2. The minimum absolute atomic E-state index is 0.164. The summed E-state index contributed by atoms with van der Waals surface area (Å²) < 4.78 is 0. The summed E-state index contributed by atoms with van der Waals surface area (Å²) in [4.78, 5) is 30.0. The lowest BCUT2D eigenvalue weighted by Crippen LogP contribution is -2.33. The van der Waals surface area contributed by atoms with Crippen molar-refractivity contribution in [3.05, 3.63) is 120 Å². The quantitative estimate of drug-likeness (QED) is 0.286. The summed E-state index contributed by atoms with van der Waals surface area (Å²) in [5.41, 5.74) is 3.46. The van der Waals surface area contributed by atoms with E-state index in [4.69, 9.17) is 4.98 Å². The number of phenolic OH excluding ortho intramolecular Hbond substituents is 1. The Hall–Kier alpha value is -4.62. The van der Waals surface area contributed by atoms with Gasteiger partial charge in [0.15, 0.2) is 5.84 Å². The van der Waals surface area contributed by atoms with Gasteiger partial charge in [-0.05, 0) is 54.1 Å². The number of amidine groups is 1. The fourth-order valence-corrected chi connectivity index (χ4v) is 4.87. The zero-order valence-corrected chi connectivity index (χ0v) is 19.8. The van der Waals surface area contributed by atoms with Crippen LogP contribution in [-0.2, 0) is 4.79 Å². The van der Waals surface area contributed by atoms with Crippen LogP contribution in [0.25, 0.3) is 17.1 Å². The van der Waals surface area contributed by atoms with Crippen molar-refractivity contribution in [2.24, 2.45) is 4.99 Å². The van der Waals surface area contributed by atoms with Crippen LogP contribution >= 0.6 is 11.8 Å². The van der Waals surface area contributed by atoms with E-state index < -0.39 is 0 Å². The average molecular weight is 489 g/mol. The maximum absolute atomic E-state index is 13.6. The van der Waals surface area contributed by atoms with Crippen molar-refractivity contribution in [1.29, 1.82) is 0 Å². The van der Waals surface area contributed by atoms with E-state index in [1.54, 1.807) is 42.1 Å². The molecule has 2 heterocycles. The van der Waals surface area contributed by atoms with Crippen molar-refractivity contribution < 1.29 is 9.90 Å². The number of anilines is 1. The van der Waals surface area contributed by atoms with Crippen molar-refractivity contribution in [3.8, 4) is 5.75 Å². The lowest BCUT2D eigenvalue weighted by molar-refractivity contribution is -0.113. The van der Waals surface area contributed by atoms with Crippen LogP contribution in [-0.4, -0.2) is 26.8 Å². The smallest absolute Gasteiger partial charge is 0.285 e. The largest absolute Gasteiger partial charge is 0.508 e. The third kappa shape index (κ3) is 4.28. The number of H-pyrrole nitrogens is 1. The van der Waals surface area contributed by atoms with Gasteiger partial charge in [-0.2, -0.15) is 0 Å². The number of aromatic hydroxyl groups is 1. The van der Waals surface area contributed by atoms with Crippen molar-refractivity contribution in [2.75, 3.05) is 4.90 Å². The number of imidazole rings is 1. The molecule has 1 aliphatic heterocycles. The number of aliphatic imine (C=N–C) groups is 1. The molecule has 0 aliphatic carbocycles. The Kier molecular flexibility index (Phi) is 5.59. The minimum Gasteiger partial charge on any atom is -0.508 e. The number of aromatic amines is 1. The number of fused-ring (bicyclic) bond motifs is 1. The first-order valence-corrected chi connectivity index (χ1v) is 12.2. The number of rotatable bonds is 5. The normalized spacial score (nSPS) is 14.6. The molecule has 0 fully saturated rings. The number of phenols is 1.